The zero-order valence-corrected chi connectivity index (χ0v) is 9.86. The summed E-state index contributed by atoms with van der Waals surface area (Å²) >= 11 is 0. The minimum atomic E-state index is -3.82. The van der Waals surface area contributed by atoms with Crippen LogP contribution in [0.1, 0.15) is 5.56 Å². The standard InChI is InChI=1S/C10H9F2N3O2S/c11-8-1-7(2-9(12)3-8)5-15-6-10(4-14-15)18(13,16)17/h1-4,6H,5H2,(H2,13,16,17). The summed E-state index contributed by atoms with van der Waals surface area (Å²) in [7, 11) is -3.82. The van der Waals surface area contributed by atoms with E-state index in [2.05, 4.69) is 5.10 Å². The van der Waals surface area contributed by atoms with Crippen LogP contribution in [-0.2, 0) is 16.6 Å². The molecule has 0 aliphatic heterocycles. The summed E-state index contributed by atoms with van der Waals surface area (Å²) in [6.07, 6.45) is 2.27. The van der Waals surface area contributed by atoms with Crippen LogP contribution >= 0.6 is 0 Å². The maximum atomic E-state index is 12.9. The highest BCUT2D eigenvalue weighted by molar-refractivity contribution is 7.89. The summed E-state index contributed by atoms with van der Waals surface area (Å²) < 4.78 is 49.1. The van der Waals surface area contributed by atoms with Gasteiger partial charge in [0.25, 0.3) is 0 Å². The van der Waals surface area contributed by atoms with E-state index in [4.69, 9.17) is 5.14 Å². The van der Waals surface area contributed by atoms with Crippen LogP contribution in [0.5, 0.6) is 0 Å². The molecule has 8 heteroatoms. The second kappa shape index (κ2) is 4.46. The highest BCUT2D eigenvalue weighted by Gasteiger charge is 2.11. The number of aromatic nitrogens is 2. The summed E-state index contributed by atoms with van der Waals surface area (Å²) in [4.78, 5) is -0.153. The Morgan fingerprint density at radius 2 is 1.83 bits per heavy atom. The highest BCUT2D eigenvalue weighted by Crippen LogP contribution is 2.11. The molecule has 0 aliphatic rings. The molecule has 0 saturated heterocycles. The topological polar surface area (TPSA) is 78.0 Å². The lowest BCUT2D eigenvalue weighted by molar-refractivity contribution is 0.574. The van der Waals surface area contributed by atoms with Crippen LogP contribution in [0.25, 0.3) is 0 Å². The predicted octanol–water partition coefficient (Wildman–Crippen LogP) is 0.857. The van der Waals surface area contributed by atoms with Crippen molar-refractivity contribution in [1.82, 2.24) is 9.78 Å². The van der Waals surface area contributed by atoms with Crippen molar-refractivity contribution < 1.29 is 17.2 Å². The van der Waals surface area contributed by atoms with E-state index >= 15 is 0 Å². The zero-order valence-electron chi connectivity index (χ0n) is 9.05. The molecule has 2 N–H and O–H groups in total. The van der Waals surface area contributed by atoms with Crippen molar-refractivity contribution in [2.45, 2.75) is 11.4 Å². The van der Waals surface area contributed by atoms with Crippen LogP contribution in [-0.4, -0.2) is 18.2 Å². The van der Waals surface area contributed by atoms with Crippen LogP contribution < -0.4 is 5.14 Å². The second-order valence-electron chi connectivity index (χ2n) is 3.70. The van der Waals surface area contributed by atoms with Gasteiger partial charge in [0, 0.05) is 12.3 Å². The molecule has 0 unspecified atom stereocenters. The molecular weight excluding hydrogens is 264 g/mol. The van der Waals surface area contributed by atoms with Crippen LogP contribution in [0.15, 0.2) is 35.5 Å². The van der Waals surface area contributed by atoms with E-state index in [0.717, 1.165) is 24.4 Å². The van der Waals surface area contributed by atoms with Crippen molar-refractivity contribution in [3.8, 4) is 0 Å². The Labute approximate surface area is 102 Å². The molecule has 2 rings (SSSR count). The number of nitrogens with zero attached hydrogens (tertiary/aromatic N) is 2. The van der Waals surface area contributed by atoms with E-state index in [1.54, 1.807) is 0 Å². The largest absolute Gasteiger partial charge is 0.267 e. The number of halogens is 2. The molecule has 18 heavy (non-hydrogen) atoms. The molecule has 1 aromatic carbocycles. The summed E-state index contributed by atoms with van der Waals surface area (Å²) in [5, 5.41) is 8.66. The molecule has 1 aromatic heterocycles. The monoisotopic (exact) mass is 273 g/mol. The summed E-state index contributed by atoms with van der Waals surface area (Å²) in [6, 6.07) is 3.03. The highest BCUT2D eigenvalue weighted by atomic mass is 32.2. The number of benzene rings is 1. The first-order valence-corrected chi connectivity index (χ1v) is 6.39. The Morgan fingerprint density at radius 1 is 1.22 bits per heavy atom. The molecular formula is C10H9F2N3O2S. The molecule has 2 aromatic rings. The number of hydrogen-bond acceptors (Lipinski definition) is 3. The van der Waals surface area contributed by atoms with Gasteiger partial charge in [-0.1, -0.05) is 0 Å². The summed E-state index contributed by atoms with van der Waals surface area (Å²) in [5.41, 5.74) is 0.330. The van der Waals surface area contributed by atoms with Crippen molar-refractivity contribution in [1.29, 1.82) is 0 Å². The molecule has 96 valence electrons. The van der Waals surface area contributed by atoms with Crippen molar-refractivity contribution in [2.24, 2.45) is 5.14 Å². The average molecular weight is 273 g/mol. The van der Waals surface area contributed by atoms with Gasteiger partial charge in [0.05, 0.1) is 12.7 Å². The molecule has 0 aliphatic carbocycles. The molecule has 0 saturated carbocycles. The molecule has 0 radical (unpaired) electrons. The lowest BCUT2D eigenvalue weighted by atomic mass is 10.2. The maximum absolute atomic E-state index is 12.9. The van der Waals surface area contributed by atoms with E-state index < -0.39 is 21.7 Å². The maximum Gasteiger partial charge on any atom is 0.241 e. The van der Waals surface area contributed by atoms with Gasteiger partial charge in [0.15, 0.2) is 0 Å². The fourth-order valence-corrected chi connectivity index (χ4v) is 1.93. The Balaban J connectivity index is 2.27. The van der Waals surface area contributed by atoms with E-state index in [0.29, 0.717) is 5.56 Å². The van der Waals surface area contributed by atoms with E-state index in [-0.39, 0.29) is 11.4 Å². The van der Waals surface area contributed by atoms with Crippen molar-refractivity contribution in [2.75, 3.05) is 0 Å². The van der Waals surface area contributed by atoms with Gasteiger partial charge < -0.3 is 0 Å². The third-order valence-corrected chi connectivity index (χ3v) is 3.07. The van der Waals surface area contributed by atoms with Crippen molar-refractivity contribution in [3.05, 3.63) is 47.8 Å². The van der Waals surface area contributed by atoms with Gasteiger partial charge in [-0.15, -0.1) is 0 Å². The van der Waals surface area contributed by atoms with Crippen LogP contribution in [0.4, 0.5) is 8.78 Å². The first-order valence-electron chi connectivity index (χ1n) is 4.85. The third-order valence-electron chi connectivity index (χ3n) is 2.21. The quantitative estimate of drug-likeness (QED) is 0.900. The number of rotatable bonds is 3. The van der Waals surface area contributed by atoms with Gasteiger partial charge in [0.2, 0.25) is 10.0 Å². The van der Waals surface area contributed by atoms with Gasteiger partial charge in [-0.2, -0.15) is 5.10 Å². The third kappa shape index (κ3) is 2.90. The average Bonchev–Trinajstić information content (AvgIpc) is 2.63. The SMILES string of the molecule is NS(=O)(=O)c1cnn(Cc2cc(F)cc(F)c2)c1. The second-order valence-corrected chi connectivity index (χ2v) is 5.26. The van der Waals surface area contributed by atoms with Crippen LogP contribution in [0.2, 0.25) is 0 Å². The van der Waals surface area contributed by atoms with E-state index in [1.165, 1.54) is 10.9 Å². The molecule has 0 fully saturated rings. The van der Waals surface area contributed by atoms with Gasteiger partial charge in [0.1, 0.15) is 16.5 Å². The molecule has 1 heterocycles. The predicted molar refractivity (Wildman–Crippen MR) is 59.1 cm³/mol. The Hall–Kier alpha value is -1.80. The minimum absolute atomic E-state index is 0.0458. The Kier molecular flexibility index (Phi) is 3.14. The van der Waals surface area contributed by atoms with Crippen molar-refractivity contribution >= 4 is 10.0 Å². The van der Waals surface area contributed by atoms with Crippen LogP contribution in [0, 0.1) is 11.6 Å². The molecule has 0 atom stereocenters. The van der Waals surface area contributed by atoms with Crippen molar-refractivity contribution in [3.63, 3.8) is 0 Å². The molecule has 0 amide bonds. The lowest BCUT2D eigenvalue weighted by Crippen LogP contribution is -2.11. The Morgan fingerprint density at radius 3 is 2.33 bits per heavy atom. The van der Waals surface area contributed by atoms with Gasteiger partial charge in [-0.05, 0) is 17.7 Å². The fourth-order valence-electron chi connectivity index (χ4n) is 1.47. The number of nitrogens with two attached hydrogens (primary N) is 1. The van der Waals surface area contributed by atoms with Gasteiger partial charge >= 0.3 is 0 Å². The molecule has 5 nitrogen and oxygen atoms in total. The number of hydrogen-bond donors (Lipinski definition) is 1. The lowest BCUT2D eigenvalue weighted by Gasteiger charge is -2.02. The number of sulfonamides is 1. The minimum Gasteiger partial charge on any atom is -0.267 e. The van der Waals surface area contributed by atoms with Crippen LogP contribution in [0.3, 0.4) is 0 Å². The van der Waals surface area contributed by atoms with E-state index in [1.807, 2.05) is 0 Å². The van der Waals surface area contributed by atoms with Gasteiger partial charge in [-0.25, -0.2) is 22.3 Å². The molecule has 0 spiro atoms. The zero-order chi connectivity index (χ0) is 13.3. The molecule has 0 bridgehead atoms. The fraction of sp³-hybridized carbons (Fsp3) is 0.100. The van der Waals surface area contributed by atoms with E-state index in [9.17, 15) is 17.2 Å². The first kappa shape index (κ1) is 12.7. The Bertz CT molecular complexity index is 662. The summed E-state index contributed by atoms with van der Waals surface area (Å²) in [6.45, 7) is 0.0458. The van der Waals surface area contributed by atoms with Gasteiger partial charge in [-0.3, -0.25) is 4.68 Å². The first-order chi connectivity index (χ1) is 8.34. The summed E-state index contributed by atoms with van der Waals surface area (Å²) in [5.74, 6) is -1.41. The normalized spacial score (nSPS) is 11.7. The number of primary sulfonamides is 1. The smallest absolute Gasteiger partial charge is 0.241 e.